The van der Waals surface area contributed by atoms with Crippen LogP contribution in [0.15, 0.2) is 54.7 Å². The lowest BCUT2D eigenvalue weighted by Crippen LogP contribution is -2.45. The first-order valence-electron chi connectivity index (χ1n) is 10.6. The minimum Gasteiger partial charge on any atom is -0.490 e. The normalized spacial score (nSPS) is 16.1. The monoisotopic (exact) mass is 473 g/mol. The van der Waals surface area contributed by atoms with Crippen LogP contribution >= 0.6 is 23.2 Å². The molecular formula is C24H25Cl2N3O3. The van der Waals surface area contributed by atoms with Gasteiger partial charge in [0.15, 0.2) is 0 Å². The summed E-state index contributed by atoms with van der Waals surface area (Å²) in [6.45, 7) is 2.30. The van der Waals surface area contributed by atoms with Crippen LogP contribution in [0.2, 0.25) is 10.0 Å². The van der Waals surface area contributed by atoms with Crippen molar-refractivity contribution in [2.45, 2.75) is 25.0 Å². The number of para-hydroxylation sites is 1. The predicted octanol–water partition coefficient (Wildman–Crippen LogP) is 4.18. The molecule has 0 bridgehead atoms. The molecule has 4 rings (SSSR count). The lowest BCUT2D eigenvalue weighted by Gasteiger charge is -2.33. The van der Waals surface area contributed by atoms with Crippen LogP contribution in [0.1, 0.15) is 23.2 Å². The van der Waals surface area contributed by atoms with Gasteiger partial charge in [-0.25, -0.2) is 0 Å². The van der Waals surface area contributed by atoms with Crippen LogP contribution in [0.4, 0.5) is 0 Å². The number of hydrogen-bond acceptors (Lipinski definition) is 5. The van der Waals surface area contributed by atoms with Gasteiger partial charge in [0, 0.05) is 43.8 Å². The molecule has 1 fully saturated rings. The summed E-state index contributed by atoms with van der Waals surface area (Å²) in [7, 11) is 0. The summed E-state index contributed by atoms with van der Waals surface area (Å²) in [4.78, 5) is 19.1. The van der Waals surface area contributed by atoms with Gasteiger partial charge >= 0.3 is 0 Å². The number of ether oxygens (including phenoxy) is 1. The van der Waals surface area contributed by atoms with Gasteiger partial charge in [-0.2, -0.15) is 0 Å². The molecule has 2 N–H and O–H groups in total. The standard InChI is InChI=1S/C24H25Cl2N3O3/c25-21-7-6-19(13-22(21)26)32-18-8-11-29(12-9-18)15-17(30)14-28-24(31)20-5-1-3-16-4-2-10-27-23(16)20/h1-7,10,13,17-18,30H,8-9,11-12,14-15H2,(H,28,31)/t17-/m1/s1. The number of β-amino-alcohol motifs (C(OH)–C–C–N with tert-alkyl or cyclic N) is 1. The van der Waals surface area contributed by atoms with Crippen LogP contribution in [-0.4, -0.2) is 59.3 Å². The summed E-state index contributed by atoms with van der Waals surface area (Å²) >= 11 is 12.0. The van der Waals surface area contributed by atoms with Crippen molar-refractivity contribution >= 4 is 40.0 Å². The molecule has 0 saturated carbocycles. The van der Waals surface area contributed by atoms with Crippen molar-refractivity contribution in [3.63, 3.8) is 0 Å². The van der Waals surface area contributed by atoms with Gasteiger partial charge in [-0.3, -0.25) is 9.78 Å². The second-order valence-corrected chi connectivity index (χ2v) is 8.75. The first kappa shape index (κ1) is 22.8. The highest BCUT2D eigenvalue weighted by atomic mass is 35.5. The number of hydrogen-bond donors (Lipinski definition) is 2. The van der Waals surface area contributed by atoms with E-state index in [-0.39, 0.29) is 18.6 Å². The van der Waals surface area contributed by atoms with Crippen LogP contribution in [0, 0.1) is 0 Å². The number of rotatable bonds is 7. The van der Waals surface area contributed by atoms with Gasteiger partial charge in [0.1, 0.15) is 11.9 Å². The van der Waals surface area contributed by atoms with Crippen molar-refractivity contribution in [1.82, 2.24) is 15.2 Å². The van der Waals surface area contributed by atoms with E-state index in [1.165, 1.54) is 0 Å². The van der Waals surface area contributed by atoms with Gasteiger partial charge in [-0.05, 0) is 37.1 Å². The first-order chi connectivity index (χ1) is 15.5. The van der Waals surface area contributed by atoms with Crippen molar-refractivity contribution in [3.8, 4) is 5.75 Å². The van der Waals surface area contributed by atoms with Crippen molar-refractivity contribution in [3.05, 3.63) is 70.3 Å². The van der Waals surface area contributed by atoms with Crippen molar-refractivity contribution in [1.29, 1.82) is 0 Å². The molecule has 6 nitrogen and oxygen atoms in total. The largest absolute Gasteiger partial charge is 0.490 e. The number of aromatic nitrogens is 1. The number of amides is 1. The number of carbonyl (C=O) groups excluding carboxylic acids is 1. The van der Waals surface area contributed by atoms with E-state index in [1.807, 2.05) is 30.3 Å². The molecule has 2 heterocycles. The molecule has 1 aliphatic rings. The molecule has 3 aromatic rings. The van der Waals surface area contributed by atoms with Crippen LogP contribution in [0.3, 0.4) is 0 Å². The fourth-order valence-corrected chi connectivity index (χ4v) is 4.20. The van der Waals surface area contributed by atoms with E-state index in [0.29, 0.717) is 33.4 Å². The predicted molar refractivity (Wildman–Crippen MR) is 127 cm³/mol. The maximum absolute atomic E-state index is 12.6. The van der Waals surface area contributed by atoms with E-state index >= 15 is 0 Å². The second-order valence-electron chi connectivity index (χ2n) is 7.94. The number of halogens is 2. The Labute approximate surface area is 197 Å². The minimum absolute atomic E-state index is 0.0965. The molecule has 0 radical (unpaired) electrons. The van der Waals surface area contributed by atoms with Crippen LogP contribution in [-0.2, 0) is 0 Å². The smallest absolute Gasteiger partial charge is 0.253 e. The number of piperidine rings is 1. The lowest BCUT2D eigenvalue weighted by molar-refractivity contribution is 0.0594. The number of nitrogens with one attached hydrogen (secondary N) is 1. The number of aliphatic hydroxyl groups excluding tert-OH is 1. The van der Waals surface area contributed by atoms with Crippen molar-refractivity contribution in [2.75, 3.05) is 26.2 Å². The third kappa shape index (κ3) is 5.70. The van der Waals surface area contributed by atoms with Gasteiger partial charge in [0.05, 0.1) is 27.2 Å². The molecule has 2 aromatic carbocycles. The third-order valence-electron chi connectivity index (χ3n) is 5.57. The minimum atomic E-state index is -0.658. The van der Waals surface area contributed by atoms with Crippen LogP contribution < -0.4 is 10.1 Å². The molecule has 8 heteroatoms. The number of fused-ring (bicyclic) bond motifs is 1. The first-order valence-corrected chi connectivity index (χ1v) is 11.4. The molecule has 1 aromatic heterocycles. The summed E-state index contributed by atoms with van der Waals surface area (Å²) < 4.78 is 6.01. The van der Waals surface area contributed by atoms with Gasteiger partial charge in [0.25, 0.3) is 5.91 Å². The molecule has 32 heavy (non-hydrogen) atoms. The SMILES string of the molecule is O=C(NC[C@@H](O)CN1CCC(Oc2ccc(Cl)c(Cl)c2)CC1)c1cccc2cccnc12. The van der Waals surface area contributed by atoms with Crippen LogP contribution in [0.5, 0.6) is 5.75 Å². The molecular weight excluding hydrogens is 449 g/mol. The number of benzene rings is 2. The highest BCUT2D eigenvalue weighted by Crippen LogP contribution is 2.28. The number of pyridine rings is 1. The van der Waals surface area contributed by atoms with Gasteiger partial charge < -0.3 is 20.1 Å². The van der Waals surface area contributed by atoms with Crippen LogP contribution in [0.25, 0.3) is 10.9 Å². The highest BCUT2D eigenvalue weighted by Gasteiger charge is 2.23. The molecule has 0 spiro atoms. The van der Waals surface area contributed by atoms with Gasteiger partial charge in [0.2, 0.25) is 0 Å². The zero-order chi connectivity index (χ0) is 22.5. The van der Waals surface area contributed by atoms with Gasteiger partial charge in [-0.15, -0.1) is 0 Å². The quantitative estimate of drug-likeness (QED) is 0.538. The topological polar surface area (TPSA) is 74.7 Å². The summed E-state index contributed by atoms with van der Waals surface area (Å²) in [5.41, 5.74) is 1.17. The molecule has 1 amide bonds. The van der Waals surface area contributed by atoms with E-state index < -0.39 is 6.10 Å². The Hall–Kier alpha value is -2.38. The number of likely N-dealkylation sites (tertiary alicyclic amines) is 1. The maximum atomic E-state index is 12.6. The molecule has 1 atom stereocenters. The summed E-state index contributed by atoms with van der Waals surface area (Å²) in [5.74, 6) is 0.477. The summed E-state index contributed by atoms with van der Waals surface area (Å²) in [6, 6.07) is 14.5. The Morgan fingerprint density at radius 2 is 1.94 bits per heavy atom. The van der Waals surface area contributed by atoms with E-state index in [2.05, 4.69) is 15.2 Å². The number of nitrogens with zero attached hydrogens (tertiary/aromatic N) is 2. The second kappa shape index (κ2) is 10.5. The fraction of sp³-hybridized carbons (Fsp3) is 0.333. The van der Waals surface area contributed by atoms with Crippen molar-refractivity contribution in [2.24, 2.45) is 0 Å². The van der Waals surface area contributed by atoms with E-state index in [1.54, 1.807) is 24.4 Å². The molecule has 168 valence electrons. The van der Waals surface area contributed by atoms with E-state index in [9.17, 15) is 9.90 Å². The lowest BCUT2D eigenvalue weighted by atomic mass is 10.1. The average molecular weight is 474 g/mol. The Balaban J connectivity index is 1.22. The Kier molecular flexibility index (Phi) is 7.48. The molecule has 1 saturated heterocycles. The molecule has 0 aliphatic carbocycles. The highest BCUT2D eigenvalue weighted by molar-refractivity contribution is 6.42. The maximum Gasteiger partial charge on any atom is 0.253 e. The zero-order valence-electron chi connectivity index (χ0n) is 17.5. The zero-order valence-corrected chi connectivity index (χ0v) is 19.0. The number of aliphatic hydroxyl groups is 1. The van der Waals surface area contributed by atoms with E-state index in [0.717, 1.165) is 31.3 Å². The Morgan fingerprint density at radius 3 is 2.72 bits per heavy atom. The fourth-order valence-electron chi connectivity index (χ4n) is 3.91. The molecule has 0 unspecified atom stereocenters. The molecule has 1 aliphatic heterocycles. The Morgan fingerprint density at radius 1 is 1.16 bits per heavy atom. The van der Waals surface area contributed by atoms with Gasteiger partial charge in [-0.1, -0.05) is 41.4 Å². The van der Waals surface area contributed by atoms with Crippen molar-refractivity contribution < 1.29 is 14.6 Å². The van der Waals surface area contributed by atoms with E-state index in [4.69, 9.17) is 27.9 Å². The average Bonchev–Trinajstić information content (AvgIpc) is 2.81. The summed E-state index contributed by atoms with van der Waals surface area (Å²) in [6.07, 6.45) is 2.80. The summed E-state index contributed by atoms with van der Waals surface area (Å²) in [5, 5.41) is 15.2. The third-order valence-corrected chi connectivity index (χ3v) is 6.31. The Bertz CT molecular complexity index is 1080. The number of carbonyl (C=O) groups is 1.